The summed E-state index contributed by atoms with van der Waals surface area (Å²) in [5.74, 6) is 0.203. The number of aryl methyl sites for hydroxylation is 2. The summed E-state index contributed by atoms with van der Waals surface area (Å²) in [6.07, 6.45) is 1.30. The predicted octanol–water partition coefficient (Wildman–Crippen LogP) is 2.67. The fourth-order valence-corrected chi connectivity index (χ4v) is 1.52. The smallest absolute Gasteiger partial charge is 0.129 e. The van der Waals surface area contributed by atoms with Gasteiger partial charge >= 0.3 is 0 Å². The SMILES string of the molecule is CC(=O)CCC(N)c1ccc(C)c(C)c1. The van der Waals surface area contributed by atoms with Crippen molar-refractivity contribution >= 4 is 5.78 Å². The van der Waals surface area contributed by atoms with Crippen LogP contribution in [0.1, 0.15) is 42.5 Å². The Balaban J connectivity index is 2.69. The molecule has 82 valence electrons. The summed E-state index contributed by atoms with van der Waals surface area (Å²) in [5.41, 5.74) is 9.67. The summed E-state index contributed by atoms with van der Waals surface area (Å²) >= 11 is 0. The number of Topliss-reactive ketones (excluding diaryl/α,β-unsaturated/α-hetero) is 1. The van der Waals surface area contributed by atoms with Crippen LogP contribution in [0.2, 0.25) is 0 Å². The molecule has 1 aromatic rings. The molecule has 1 atom stereocenters. The van der Waals surface area contributed by atoms with Gasteiger partial charge in [0.25, 0.3) is 0 Å². The number of benzene rings is 1. The second kappa shape index (κ2) is 5.08. The number of hydrogen-bond acceptors (Lipinski definition) is 2. The van der Waals surface area contributed by atoms with Gasteiger partial charge in [0.05, 0.1) is 0 Å². The molecule has 0 fully saturated rings. The van der Waals surface area contributed by atoms with E-state index in [4.69, 9.17) is 5.73 Å². The standard InChI is InChI=1S/C13H19NO/c1-9-4-6-12(8-10(9)2)13(14)7-5-11(3)15/h4,6,8,13H,5,7,14H2,1-3H3. The molecule has 0 saturated carbocycles. The molecule has 2 N–H and O–H groups in total. The molecule has 0 spiro atoms. The molecular formula is C13H19NO. The van der Waals surface area contributed by atoms with Crippen LogP contribution in [0.3, 0.4) is 0 Å². The molecule has 1 rings (SSSR count). The van der Waals surface area contributed by atoms with Crippen LogP contribution in [0.4, 0.5) is 0 Å². The summed E-state index contributed by atoms with van der Waals surface area (Å²) in [7, 11) is 0. The van der Waals surface area contributed by atoms with Crippen molar-refractivity contribution in [1.82, 2.24) is 0 Å². The van der Waals surface area contributed by atoms with Crippen molar-refractivity contribution < 1.29 is 4.79 Å². The molecule has 0 aliphatic rings. The predicted molar refractivity (Wildman–Crippen MR) is 62.8 cm³/mol. The third-order valence-electron chi connectivity index (χ3n) is 2.77. The largest absolute Gasteiger partial charge is 0.324 e. The van der Waals surface area contributed by atoms with Gasteiger partial charge in [0.1, 0.15) is 5.78 Å². The molecule has 0 aliphatic heterocycles. The number of hydrogen-bond donors (Lipinski definition) is 1. The van der Waals surface area contributed by atoms with E-state index in [9.17, 15) is 4.79 Å². The van der Waals surface area contributed by atoms with E-state index in [2.05, 4.69) is 26.0 Å². The van der Waals surface area contributed by atoms with Crippen LogP contribution in [0.15, 0.2) is 18.2 Å². The highest BCUT2D eigenvalue weighted by atomic mass is 16.1. The van der Waals surface area contributed by atoms with Gasteiger partial charge in [-0.1, -0.05) is 18.2 Å². The minimum absolute atomic E-state index is 0.0202. The Bertz CT molecular complexity index is 358. The number of ketones is 1. The van der Waals surface area contributed by atoms with Crippen molar-refractivity contribution in [3.05, 3.63) is 34.9 Å². The fraction of sp³-hybridized carbons (Fsp3) is 0.462. The molecule has 0 bridgehead atoms. The van der Waals surface area contributed by atoms with Crippen molar-refractivity contribution in [3.63, 3.8) is 0 Å². The van der Waals surface area contributed by atoms with Gasteiger partial charge in [-0.15, -0.1) is 0 Å². The number of nitrogens with two attached hydrogens (primary N) is 1. The van der Waals surface area contributed by atoms with Crippen molar-refractivity contribution in [2.45, 2.75) is 39.7 Å². The molecule has 1 aromatic carbocycles. The Morgan fingerprint density at radius 2 is 2.00 bits per heavy atom. The zero-order valence-electron chi connectivity index (χ0n) is 9.71. The van der Waals surface area contributed by atoms with Gasteiger partial charge in [-0.2, -0.15) is 0 Å². The maximum Gasteiger partial charge on any atom is 0.129 e. The van der Waals surface area contributed by atoms with E-state index >= 15 is 0 Å². The van der Waals surface area contributed by atoms with E-state index in [1.54, 1.807) is 6.92 Å². The summed E-state index contributed by atoms with van der Waals surface area (Å²) in [5, 5.41) is 0. The Morgan fingerprint density at radius 3 is 2.53 bits per heavy atom. The molecule has 0 heterocycles. The molecule has 0 radical (unpaired) electrons. The van der Waals surface area contributed by atoms with Crippen LogP contribution in [-0.2, 0) is 4.79 Å². The van der Waals surface area contributed by atoms with Gasteiger partial charge < -0.3 is 10.5 Å². The van der Waals surface area contributed by atoms with Crippen LogP contribution in [0, 0.1) is 13.8 Å². The van der Waals surface area contributed by atoms with Crippen LogP contribution in [-0.4, -0.2) is 5.78 Å². The molecule has 1 unspecified atom stereocenters. The highest BCUT2D eigenvalue weighted by molar-refractivity contribution is 5.75. The minimum atomic E-state index is -0.0202. The normalized spacial score (nSPS) is 12.5. The Morgan fingerprint density at radius 1 is 1.33 bits per heavy atom. The van der Waals surface area contributed by atoms with Crippen molar-refractivity contribution in [2.75, 3.05) is 0 Å². The number of carbonyl (C=O) groups excluding carboxylic acids is 1. The summed E-state index contributed by atoms with van der Waals surface area (Å²) < 4.78 is 0. The molecular weight excluding hydrogens is 186 g/mol. The first-order valence-electron chi connectivity index (χ1n) is 5.33. The second-order valence-corrected chi connectivity index (χ2v) is 4.19. The van der Waals surface area contributed by atoms with Crippen LogP contribution in [0.5, 0.6) is 0 Å². The van der Waals surface area contributed by atoms with Gasteiger partial charge in [-0.3, -0.25) is 0 Å². The molecule has 0 aromatic heterocycles. The van der Waals surface area contributed by atoms with Gasteiger partial charge in [-0.05, 0) is 43.9 Å². The first kappa shape index (κ1) is 11.9. The molecule has 0 saturated heterocycles. The second-order valence-electron chi connectivity index (χ2n) is 4.19. The first-order valence-corrected chi connectivity index (χ1v) is 5.33. The van der Waals surface area contributed by atoms with Gasteiger partial charge in [0.15, 0.2) is 0 Å². The van der Waals surface area contributed by atoms with Crippen molar-refractivity contribution in [2.24, 2.45) is 5.73 Å². The van der Waals surface area contributed by atoms with Gasteiger partial charge in [0, 0.05) is 12.5 Å². The van der Waals surface area contributed by atoms with E-state index in [-0.39, 0.29) is 11.8 Å². The van der Waals surface area contributed by atoms with E-state index in [1.807, 2.05) is 6.07 Å². The number of rotatable bonds is 4. The van der Waals surface area contributed by atoms with Gasteiger partial charge in [0.2, 0.25) is 0 Å². The van der Waals surface area contributed by atoms with Crippen LogP contribution >= 0.6 is 0 Å². The highest BCUT2D eigenvalue weighted by Crippen LogP contribution is 2.19. The van der Waals surface area contributed by atoms with E-state index < -0.39 is 0 Å². The minimum Gasteiger partial charge on any atom is -0.324 e. The Hall–Kier alpha value is -1.15. The lowest BCUT2D eigenvalue weighted by Crippen LogP contribution is -2.11. The van der Waals surface area contributed by atoms with Crippen LogP contribution < -0.4 is 5.73 Å². The van der Waals surface area contributed by atoms with E-state index in [0.717, 1.165) is 12.0 Å². The molecule has 0 aliphatic carbocycles. The zero-order chi connectivity index (χ0) is 11.4. The third kappa shape index (κ3) is 3.48. The summed E-state index contributed by atoms with van der Waals surface area (Å²) in [4.78, 5) is 10.8. The average molecular weight is 205 g/mol. The summed E-state index contributed by atoms with van der Waals surface area (Å²) in [6, 6.07) is 6.22. The summed E-state index contributed by atoms with van der Waals surface area (Å²) in [6.45, 7) is 5.77. The topological polar surface area (TPSA) is 43.1 Å². The first-order chi connectivity index (χ1) is 7.00. The molecule has 0 amide bonds. The lowest BCUT2D eigenvalue weighted by atomic mass is 9.98. The third-order valence-corrected chi connectivity index (χ3v) is 2.77. The van der Waals surface area contributed by atoms with E-state index in [1.165, 1.54) is 11.1 Å². The van der Waals surface area contributed by atoms with Crippen molar-refractivity contribution in [1.29, 1.82) is 0 Å². The molecule has 2 heteroatoms. The van der Waals surface area contributed by atoms with Crippen LogP contribution in [0.25, 0.3) is 0 Å². The monoisotopic (exact) mass is 205 g/mol. The lowest BCUT2D eigenvalue weighted by molar-refractivity contribution is -0.117. The maximum absolute atomic E-state index is 10.8. The Kier molecular flexibility index (Phi) is 4.04. The number of carbonyl (C=O) groups is 1. The molecule has 15 heavy (non-hydrogen) atoms. The quantitative estimate of drug-likeness (QED) is 0.821. The lowest BCUT2D eigenvalue weighted by Gasteiger charge is -2.12. The molecule has 2 nitrogen and oxygen atoms in total. The zero-order valence-corrected chi connectivity index (χ0v) is 9.71. The van der Waals surface area contributed by atoms with Crippen molar-refractivity contribution in [3.8, 4) is 0 Å². The van der Waals surface area contributed by atoms with Gasteiger partial charge in [-0.25, -0.2) is 0 Å². The Labute approximate surface area is 91.5 Å². The average Bonchev–Trinajstić information content (AvgIpc) is 2.18. The fourth-order valence-electron chi connectivity index (χ4n) is 1.52. The maximum atomic E-state index is 10.8. The highest BCUT2D eigenvalue weighted by Gasteiger charge is 2.07. The van der Waals surface area contributed by atoms with E-state index in [0.29, 0.717) is 6.42 Å².